The predicted octanol–water partition coefficient (Wildman–Crippen LogP) is 29.3. The highest BCUT2D eigenvalue weighted by Crippen LogP contribution is 2.12. The molecule has 3 N–H and O–H groups in total. The molecule has 11 rings (SSSR count). The smallest absolute Gasteiger partial charge is 0.169 e. The third-order valence-corrected chi connectivity index (χ3v) is 9.67. The van der Waals surface area contributed by atoms with Gasteiger partial charge in [0.25, 0.3) is 0 Å². The van der Waals surface area contributed by atoms with E-state index >= 15 is 0 Å². The molecule has 0 spiro atoms. The van der Waals surface area contributed by atoms with Crippen LogP contribution in [0.15, 0.2) is 61.5 Å². The molecule has 0 aromatic carbocycles. The average molecular weight is 1590 g/mol. The first-order valence-corrected chi connectivity index (χ1v) is 46.7. The van der Waals surface area contributed by atoms with E-state index in [1.165, 1.54) is 75.0 Å². The second-order valence-electron chi connectivity index (χ2n) is 12.9. The van der Waals surface area contributed by atoms with Gasteiger partial charge in [0.1, 0.15) is 19.8 Å². The lowest BCUT2D eigenvalue weighted by Crippen LogP contribution is -2.17. The molecule has 0 bridgehead atoms. The zero-order valence-electron chi connectivity index (χ0n) is 80.7. The summed E-state index contributed by atoms with van der Waals surface area (Å²) in [5.41, 5.74) is 4.79. The third-order valence-electron chi connectivity index (χ3n) is 7.36. The fourth-order valence-corrected chi connectivity index (χ4v) is 5.94. The summed E-state index contributed by atoms with van der Waals surface area (Å²) in [5.74, 6) is 4.63. The van der Waals surface area contributed by atoms with Crippen molar-refractivity contribution >= 4 is 97.8 Å². The fourth-order valence-electron chi connectivity index (χ4n) is 4.19. The second-order valence-corrected chi connectivity index (χ2v) is 15.6. The summed E-state index contributed by atoms with van der Waals surface area (Å²) >= 11 is 5.11. The first-order valence-electron chi connectivity index (χ1n) is 43.7. The summed E-state index contributed by atoms with van der Waals surface area (Å²) < 4.78 is 22.2. The van der Waals surface area contributed by atoms with Crippen molar-refractivity contribution in [2.45, 2.75) is 388 Å². The normalized spacial score (nSPS) is 13.1. The zero-order chi connectivity index (χ0) is 88.0. The monoisotopic (exact) mass is 1580 g/mol. The van der Waals surface area contributed by atoms with Crippen LogP contribution >= 0.6 is 35.7 Å². The number of hydrazone groups is 1. The Morgan fingerprint density at radius 2 is 0.745 bits per heavy atom. The van der Waals surface area contributed by atoms with Crippen molar-refractivity contribution in [2.75, 3.05) is 103 Å². The molecule has 0 atom stereocenters. The molecule has 0 radical (unpaired) electrons. The first-order chi connectivity index (χ1) is 52.9. The predicted molar refractivity (Wildman–Crippen MR) is 519 cm³/mol. The Hall–Kier alpha value is -4.11. The van der Waals surface area contributed by atoms with Crippen molar-refractivity contribution in [3.8, 4) is 0 Å². The summed E-state index contributed by atoms with van der Waals surface area (Å²) in [6, 6.07) is 0. The standard InChI is InChI=1S/C5H8O.2C4H8N2.2C4H7NO.2C4H7NS.C3H6N2.2C3H5NO.C3H5NS.22C2H6/c1-5-3-2-4-6-5;1-2-5-4-6-3-1;1-2-4-6-5-3-1;1-2-5-4-6-3-1;1-2-4-6-5-3-1;1-2-5-4-6-3-1;1-2-4-6-5-3-1;2*1-2-5-3-4-1;2*1-2-4-5-3-1;22*1-2/h1-4H2;4H,1-3H2,(H,5,6);3,6H,1-2,4H2;4H,1-3H2;3H,1-2,4H2;4H,1-3H2;3H,1-2,4H2;3H,1-2H2,(H,4,5);3H,1-2H2;2*2H,1,3H2;22*1-2H3. The Balaban J connectivity index is -0.0000000348. The highest BCUT2D eigenvalue weighted by molar-refractivity contribution is 8.12. The van der Waals surface area contributed by atoms with Crippen LogP contribution in [0.3, 0.4) is 0 Å². The van der Waals surface area contributed by atoms with Gasteiger partial charge < -0.3 is 39.9 Å². The van der Waals surface area contributed by atoms with Gasteiger partial charge in [-0.1, -0.05) is 322 Å². The minimum atomic E-state index is 0.778. The van der Waals surface area contributed by atoms with Gasteiger partial charge in [-0.05, 0) is 88.1 Å². The van der Waals surface area contributed by atoms with E-state index in [0.29, 0.717) is 0 Å². The van der Waals surface area contributed by atoms with Crippen molar-refractivity contribution in [1.82, 2.24) is 16.1 Å². The maximum atomic E-state index is 4.96. The van der Waals surface area contributed by atoms with Gasteiger partial charge >= 0.3 is 0 Å². The van der Waals surface area contributed by atoms with Gasteiger partial charge in [0.05, 0.1) is 50.3 Å². The van der Waals surface area contributed by atoms with E-state index in [2.05, 4.69) is 86.2 Å². The molecule has 106 heavy (non-hydrogen) atoms. The second kappa shape index (κ2) is 290. The van der Waals surface area contributed by atoms with Crippen LogP contribution in [0, 0.1) is 0 Å². The number of thioether (sulfide) groups is 1. The molecular weight excluding hydrogens is 1380 g/mol. The SMILES string of the molecule is C1=NCCCN1.C1=NCCCO1.C1=NCCCS1.C1=NCCN1.C1=NCCO1.C1=NNCCC1.C1=NOCC1.C1=NOCCC1.C1=NSCC1.C1=NSCCC1.C=C1CCCO1.CC.CC.CC.CC.CC.CC.CC.CC.CC.CC.CC.CC.CC.CC.CC.CC.CC.CC.CC.CC.CC.CC. The Labute approximate surface area is 686 Å². The average Bonchev–Trinajstić information content (AvgIpc) is 2.94. The van der Waals surface area contributed by atoms with Gasteiger partial charge in [-0.3, -0.25) is 25.0 Å². The Morgan fingerprint density at radius 1 is 0.321 bits per heavy atom. The van der Waals surface area contributed by atoms with E-state index in [1.54, 1.807) is 60.8 Å². The molecule has 0 unspecified atom stereocenters. The topological polar surface area (TPSA) is 206 Å². The minimum Gasteiger partial charge on any atom is -0.499 e. The number of oxime groups is 2. The lowest BCUT2D eigenvalue weighted by molar-refractivity contribution is 0.134. The van der Waals surface area contributed by atoms with Gasteiger partial charge in [0.2, 0.25) is 0 Å². The number of hydrogen-bond donors (Lipinski definition) is 3. The molecule has 1 fully saturated rings. The van der Waals surface area contributed by atoms with Gasteiger partial charge in [-0.2, -0.15) is 5.10 Å². The molecule has 18 nitrogen and oxygen atoms in total. The molecule has 0 aliphatic carbocycles. The summed E-state index contributed by atoms with van der Waals surface area (Å²) in [6.45, 7) is 104. The maximum absolute atomic E-state index is 4.96. The van der Waals surface area contributed by atoms with Crippen molar-refractivity contribution in [3.05, 3.63) is 12.3 Å². The number of allylic oxidation sites excluding steroid dienone is 1. The molecule has 11 aliphatic heterocycles. The zero-order valence-corrected chi connectivity index (χ0v) is 83.2. The Bertz CT molecular complexity index is 1040. The molecule has 11 heterocycles. The quantitative estimate of drug-likeness (QED) is 0.195. The van der Waals surface area contributed by atoms with Crippen molar-refractivity contribution in [3.63, 3.8) is 0 Å². The highest BCUT2D eigenvalue weighted by atomic mass is 32.2. The third kappa shape index (κ3) is 282. The number of ether oxygens (including phenoxy) is 3. The van der Waals surface area contributed by atoms with E-state index in [9.17, 15) is 0 Å². The summed E-state index contributed by atoms with van der Waals surface area (Å²) in [4.78, 5) is 28.5. The lowest BCUT2D eigenvalue weighted by atomic mass is 10.3. The number of hydrogen-bond acceptors (Lipinski definition) is 21. The van der Waals surface area contributed by atoms with Crippen LogP contribution in [0.2, 0.25) is 0 Å². The van der Waals surface area contributed by atoms with E-state index in [1.807, 2.05) is 329 Å². The van der Waals surface area contributed by atoms with Crippen LogP contribution in [0.4, 0.5) is 0 Å². The molecule has 0 aromatic rings. The Morgan fingerprint density at radius 3 is 0.849 bits per heavy atom. The fraction of sp³-hybridized carbons (Fsp3) is 0.859. The van der Waals surface area contributed by atoms with Crippen LogP contribution < -0.4 is 16.1 Å². The van der Waals surface area contributed by atoms with E-state index in [-0.39, 0.29) is 0 Å². The van der Waals surface area contributed by atoms with Gasteiger partial charge in [-0.15, -0.1) is 11.8 Å². The van der Waals surface area contributed by atoms with E-state index in [0.717, 1.165) is 130 Å². The largest absolute Gasteiger partial charge is 0.499 e. The Kier molecular flexibility index (Phi) is 445. The van der Waals surface area contributed by atoms with Crippen molar-refractivity contribution in [2.24, 2.45) is 49.2 Å². The van der Waals surface area contributed by atoms with Crippen LogP contribution in [0.1, 0.15) is 388 Å². The molecule has 21 heteroatoms. The first kappa shape index (κ1) is 162. The van der Waals surface area contributed by atoms with Crippen LogP contribution in [0.25, 0.3) is 0 Å². The number of aliphatic imine (C=N–C) groups is 5. The summed E-state index contributed by atoms with van der Waals surface area (Å²) in [5, 5.41) is 16.7. The van der Waals surface area contributed by atoms with Crippen molar-refractivity contribution < 1.29 is 23.9 Å². The summed E-state index contributed by atoms with van der Waals surface area (Å²) in [6.07, 6.45) is 30.9. The molecule has 0 aromatic heterocycles. The van der Waals surface area contributed by atoms with E-state index in [4.69, 9.17) is 9.47 Å². The molecule has 0 amide bonds. The number of nitrogens with one attached hydrogen (secondary N) is 3. The molecule has 658 valence electrons. The van der Waals surface area contributed by atoms with Crippen LogP contribution in [0.5, 0.6) is 0 Å². The lowest BCUT2D eigenvalue weighted by Gasteiger charge is -2.01. The van der Waals surface area contributed by atoms with Crippen LogP contribution in [-0.2, 0) is 23.9 Å². The molecule has 0 saturated carbocycles. The molecule has 1 saturated heterocycles. The van der Waals surface area contributed by atoms with E-state index < -0.39 is 0 Å². The number of nitrogens with zero attached hydrogens (tertiary/aromatic N) is 10. The van der Waals surface area contributed by atoms with Gasteiger partial charge in [-0.25, -0.2) is 8.80 Å². The summed E-state index contributed by atoms with van der Waals surface area (Å²) in [7, 11) is 0. The number of rotatable bonds is 0. The minimum absolute atomic E-state index is 0.778. The van der Waals surface area contributed by atoms with Crippen LogP contribution in [-0.4, -0.2) is 165 Å². The maximum Gasteiger partial charge on any atom is 0.169 e. The molecule has 11 aliphatic rings. The molecular formula is C85H205N13O5S3. The van der Waals surface area contributed by atoms with Gasteiger partial charge in [0, 0.05) is 107 Å². The van der Waals surface area contributed by atoms with Crippen molar-refractivity contribution in [1.29, 1.82) is 0 Å². The highest BCUT2D eigenvalue weighted by Gasteiger charge is 2.01. The van der Waals surface area contributed by atoms with Gasteiger partial charge in [0.15, 0.2) is 12.8 Å².